The smallest absolute Gasteiger partial charge is 0.229 e. The van der Waals surface area contributed by atoms with Gasteiger partial charge in [-0.15, -0.1) is 0 Å². The van der Waals surface area contributed by atoms with Crippen LogP contribution in [0, 0.1) is 0 Å². The van der Waals surface area contributed by atoms with Crippen molar-refractivity contribution < 1.29 is 21.6 Å². The maximum atomic E-state index is 12.5. The monoisotopic (exact) mass is 327 g/mol. The van der Waals surface area contributed by atoms with E-state index in [9.17, 15) is 21.6 Å². The van der Waals surface area contributed by atoms with Crippen LogP contribution in [0.2, 0.25) is 0 Å². The van der Waals surface area contributed by atoms with Crippen molar-refractivity contribution in [3.63, 3.8) is 0 Å². The molecule has 0 N–H and O–H groups in total. The van der Waals surface area contributed by atoms with Gasteiger partial charge in [0.2, 0.25) is 0 Å². The van der Waals surface area contributed by atoms with Crippen molar-refractivity contribution in [3.05, 3.63) is 48.8 Å². The number of aromatic nitrogens is 3. The maximum Gasteiger partial charge on any atom is 0.501 e. The van der Waals surface area contributed by atoms with Crippen LogP contribution in [0.15, 0.2) is 53.7 Å². The second-order valence-electron chi connectivity index (χ2n) is 4.42. The minimum absolute atomic E-state index is 0.504. The highest BCUT2D eigenvalue weighted by atomic mass is 32.2. The predicted molar refractivity (Wildman–Crippen MR) is 71.7 cm³/mol. The highest BCUT2D eigenvalue weighted by Gasteiger charge is 2.46. The molecule has 0 aliphatic heterocycles. The van der Waals surface area contributed by atoms with E-state index in [0.29, 0.717) is 16.9 Å². The number of halogens is 3. The molecule has 0 radical (unpaired) electrons. The fourth-order valence-electron chi connectivity index (χ4n) is 1.91. The SMILES string of the molecule is O=S(=O)(c1ccc(-c2ccn3nccc3n2)cc1)C(F)(F)F. The van der Waals surface area contributed by atoms with E-state index in [1.54, 1.807) is 24.5 Å². The summed E-state index contributed by atoms with van der Waals surface area (Å²) < 4.78 is 61.5. The molecule has 3 aromatic rings. The second kappa shape index (κ2) is 4.80. The van der Waals surface area contributed by atoms with E-state index in [0.717, 1.165) is 12.1 Å². The summed E-state index contributed by atoms with van der Waals surface area (Å²) in [7, 11) is -5.34. The molecular formula is C13H8F3N3O2S. The maximum absolute atomic E-state index is 12.5. The number of alkyl halides is 3. The van der Waals surface area contributed by atoms with E-state index in [1.807, 2.05) is 0 Å². The third kappa shape index (κ3) is 2.33. The van der Waals surface area contributed by atoms with Gasteiger partial charge in [-0.2, -0.15) is 18.3 Å². The lowest BCUT2D eigenvalue weighted by atomic mass is 10.1. The summed E-state index contributed by atoms with van der Waals surface area (Å²) in [5.74, 6) is 0. The van der Waals surface area contributed by atoms with Crippen molar-refractivity contribution in [3.8, 4) is 11.3 Å². The molecule has 0 bridgehead atoms. The minimum atomic E-state index is -5.34. The summed E-state index contributed by atoms with van der Waals surface area (Å²) >= 11 is 0. The van der Waals surface area contributed by atoms with Crippen LogP contribution < -0.4 is 0 Å². The summed E-state index contributed by atoms with van der Waals surface area (Å²) in [5.41, 5.74) is -3.73. The van der Waals surface area contributed by atoms with Gasteiger partial charge >= 0.3 is 5.51 Å². The Hall–Kier alpha value is -2.42. The van der Waals surface area contributed by atoms with Gasteiger partial charge in [-0.3, -0.25) is 0 Å². The van der Waals surface area contributed by atoms with E-state index < -0.39 is 20.2 Å². The summed E-state index contributed by atoms with van der Waals surface area (Å²) in [6, 6.07) is 7.71. The van der Waals surface area contributed by atoms with Crippen LogP contribution in [0.5, 0.6) is 0 Å². The summed E-state index contributed by atoms with van der Waals surface area (Å²) in [4.78, 5) is 3.48. The van der Waals surface area contributed by atoms with Crippen LogP contribution in [0.1, 0.15) is 0 Å². The fourth-order valence-corrected chi connectivity index (χ4v) is 2.67. The quantitative estimate of drug-likeness (QED) is 0.726. The molecule has 0 aliphatic rings. The Kier molecular flexibility index (Phi) is 3.17. The summed E-state index contributed by atoms with van der Waals surface area (Å²) in [6.07, 6.45) is 3.21. The largest absolute Gasteiger partial charge is 0.501 e. The average molecular weight is 327 g/mol. The molecule has 0 aliphatic carbocycles. The molecule has 0 unspecified atom stereocenters. The third-order valence-corrected chi connectivity index (χ3v) is 4.53. The first-order valence-electron chi connectivity index (χ1n) is 6.01. The molecule has 0 atom stereocenters. The van der Waals surface area contributed by atoms with E-state index in [1.165, 1.54) is 16.6 Å². The molecular weight excluding hydrogens is 319 g/mol. The van der Waals surface area contributed by atoms with Crippen LogP contribution in [-0.2, 0) is 9.84 Å². The standard InChI is InChI=1S/C13H8F3N3O2S/c14-13(15,16)22(20,21)10-3-1-9(2-4-10)11-6-8-19-12(18-11)5-7-17-19/h1-8H. The van der Waals surface area contributed by atoms with E-state index in [-0.39, 0.29) is 0 Å². The number of hydrogen-bond acceptors (Lipinski definition) is 4. The number of nitrogens with zero attached hydrogens (tertiary/aromatic N) is 3. The number of fused-ring (bicyclic) bond motifs is 1. The lowest BCUT2D eigenvalue weighted by molar-refractivity contribution is -0.0436. The lowest BCUT2D eigenvalue weighted by Gasteiger charge is -2.08. The van der Waals surface area contributed by atoms with E-state index >= 15 is 0 Å². The molecule has 0 saturated heterocycles. The molecule has 114 valence electrons. The normalized spacial score (nSPS) is 12.7. The summed E-state index contributed by atoms with van der Waals surface area (Å²) in [5, 5.41) is 3.98. The molecule has 1 aromatic carbocycles. The van der Waals surface area contributed by atoms with Crippen molar-refractivity contribution in [2.45, 2.75) is 10.4 Å². The lowest BCUT2D eigenvalue weighted by Crippen LogP contribution is -2.23. The van der Waals surface area contributed by atoms with Crippen molar-refractivity contribution in [2.24, 2.45) is 0 Å². The van der Waals surface area contributed by atoms with Crippen molar-refractivity contribution in [1.82, 2.24) is 14.6 Å². The van der Waals surface area contributed by atoms with Crippen molar-refractivity contribution in [2.75, 3.05) is 0 Å². The van der Waals surface area contributed by atoms with Gasteiger partial charge in [0.1, 0.15) is 0 Å². The van der Waals surface area contributed by atoms with Gasteiger partial charge in [0, 0.05) is 17.8 Å². The van der Waals surface area contributed by atoms with Crippen LogP contribution in [0.3, 0.4) is 0 Å². The molecule has 0 fully saturated rings. The molecule has 0 saturated carbocycles. The minimum Gasteiger partial charge on any atom is -0.229 e. The number of benzene rings is 1. The van der Waals surface area contributed by atoms with Gasteiger partial charge in [-0.1, -0.05) is 12.1 Å². The Bertz CT molecular complexity index is 931. The second-order valence-corrected chi connectivity index (χ2v) is 6.36. The molecule has 0 amide bonds. The Morgan fingerprint density at radius 1 is 1.00 bits per heavy atom. The Morgan fingerprint density at radius 2 is 1.68 bits per heavy atom. The average Bonchev–Trinajstić information content (AvgIpc) is 2.93. The van der Waals surface area contributed by atoms with E-state index in [2.05, 4.69) is 10.1 Å². The van der Waals surface area contributed by atoms with E-state index in [4.69, 9.17) is 0 Å². The molecule has 3 rings (SSSR count). The fraction of sp³-hybridized carbons (Fsp3) is 0.0769. The zero-order valence-electron chi connectivity index (χ0n) is 10.8. The van der Waals surface area contributed by atoms with Crippen LogP contribution in [0.25, 0.3) is 16.9 Å². The number of sulfone groups is 1. The van der Waals surface area contributed by atoms with Crippen molar-refractivity contribution >= 4 is 15.5 Å². The Balaban J connectivity index is 2.01. The zero-order chi connectivity index (χ0) is 16.0. The van der Waals surface area contributed by atoms with Gasteiger partial charge in [0.05, 0.1) is 16.8 Å². The first-order chi connectivity index (χ1) is 10.3. The topological polar surface area (TPSA) is 64.3 Å². The van der Waals surface area contributed by atoms with Gasteiger partial charge in [0.25, 0.3) is 9.84 Å². The van der Waals surface area contributed by atoms with Crippen LogP contribution in [-0.4, -0.2) is 28.5 Å². The summed E-state index contributed by atoms with van der Waals surface area (Å²) in [6.45, 7) is 0. The van der Waals surface area contributed by atoms with Gasteiger partial charge < -0.3 is 0 Å². The Morgan fingerprint density at radius 3 is 2.32 bits per heavy atom. The van der Waals surface area contributed by atoms with Gasteiger partial charge in [-0.25, -0.2) is 17.9 Å². The molecule has 9 heteroatoms. The molecule has 22 heavy (non-hydrogen) atoms. The zero-order valence-corrected chi connectivity index (χ0v) is 11.6. The van der Waals surface area contributed by atoms with Crippen molar-refractivity contribution in [1.29, 1.82) is 0 Å². The first kappa shape index (κ1) is 14.5. The van der Waals surface area contributed by atoms with Crippen LogP contribution in [0.4, 0.5) is 13.2 Å². The predicted octanol–water partition coefficient (Wildman–Crippen LogP) is 2.69. The van der Waals surface area contributed by atoms with Crippen LogP contribution >= 0.6 is 0 Å². The van der Waals surface area contributed by atoms with Gasteiger partial charge in [-0.05, 0) is 18.2 Å². The number of hydrogen-bond donors (Lipinski definition) is 0. The molecule has 2 heterocycles. The molecule has 0 spiro atoms. The number of rotatable bonds is 2. The molecule has 2 aromatic heterocycles. The Labute approximate surface area is 123 Å². The highest BCUT2D eigenvalue weighted by molar-refractivity contribution is 7.92. The van der Waals surface area contributed by atoms with Gasteiger partial charge in [0.15, 0.2) is 5.65 Å². The first-order valence-corrected chi connectivity index (χ1v) is 7.49. The molecule has 5 nitrogen and oxygen atoms in total. The third-order valence-electron chi connectivity index (χ3n) is 3.02. The highest BCUT2D eigenvalue weighted by Crippen LogP contribution is 2.31.